The standard InChI is InChI=1S/C3H6N2O4/c1-3-9-5(7)4(6)8-2/h3H,1H2,2H3/q-2. The van der Waals surface area contributed by atoms with Crippen LogP contribution < -0.4 is 0 Å². The largest absolute Gasteiger partial charge is 0.746 e. The summed E-state index contributed by atoms with van der Waals surface area (Å²) in [5.74, 6) is 0. The second-order valence-corrected chi connectivity index (χ2v) is 0.930. The van der Waals surface area contributed by atoms with Crippen LogP contribution in [0.25, 0.3) is 0 Å². The topological polar surface area (TPSA) is 71.1 Å². The molecule has 0 amide bonds. The van der Waals surface area contributed by atoms with Crippen molar-refractivity contribution in [1.29, 1.82) is 0 Å². The van der Waals surface area contributed by atoms with Crippen molar-refractivity contribution >= 4 is 0 Å². The second kappa shape index (κ2) is 4.24. The molecule has 0 atom stereocenters. The average Bonchev–Trinajstić information content (AvgIpc) is 1.87. The maximum Gasteiger partial charge on any atom is 0.105 e. The predicted octanol–water partition coefficient (Wildman–Crippen LogP) is 0.137. The molecule has 0 aromatic carbocycles. The van der Waals surface area contributed by atoms with E-state index < -0.39 is 5.34 Å². The lowest BCUT2D eigenvalue weighted by atomic mass is 11.2. The molecule has 0 fully saturated rings. The van der Waals surface area contributed by atoms with Crippen molar-refractivity contribution in [2.45, 2.75) is 0 Å². The van der Waals surface area contributed by atoms with Crippen molar-refractivity contribution in [3.8, 4) is 0 Å². The zero-order valence-corrected chi connectivity index (χ0v) is 4.81. The van der Waals surface area contributed by atoms with Crippen LogP contribution in [0.4, 0.5) is 0 Å². The first-order valence-corrected chi connectivity index (χ1v) is 1.98. The molecule has 0 aliphatic heterocycles. The summed E-state index contributed by atoms with van der Waals surface area (Å²) in [5, 5.41) is 19.3. The number of hydrogen-bond acceptors (Lipinski definition) is 6. The molecule has 0 saturated heterocycles. The molecule has 0 heterocycles. The van der Waals surface area contributed by atoms with E-state index in [1.54, 1.807) is 0 Å². The normalized spacial score (nSPS) is 10.3. The third-order valence-electron chi connectivity index (χ3n) is 0.454. The van der Waals surface area contributed by atoms with Gasteiger partial charge in [0.2, 0.25) is 0 Å². The zero-order chi connectivity index (χ0) is 7.28. The van der Waals surface area contributed by atoms with E-state index in [1.165, 1.54) is 0 Å². The summed E-state index contributed by atoms with van der Waals surface area (Å²) < 4.78 is 0. The molecule has 0 N–H and O–H groups in total. The molecule has 0 radical (unpaired) electrons. The lowest BCUT2D eigenvalue weighted by Gasteiger charge is -2.38. The fourth-order valence-electron chi connectivity index (χ4n) is 0.169. The summed E-state index contributed by atoms with van der Waals surface area (Å²) in [7, 11) is 1.03. The molecule has 0 rings (SSSR count). The molecule has 0 aromatic rings. The third-order valence-corrected chi connectivity index (χ3v) is 0.454. The molecule has 9 heavy (non-hydrogen) atoms. The van der Waals surface area contributed by atoms with E-state index in [4.69, 9.17) is 0 Å². The van der Waals surface area contributed by atoms with Crippen molar-refractivity contribution in [2.75, 3.05) is 7.11 Å². The highest BCUT2D eigenvalue weighted by Gasteiger charge is 1.86. The van der Waals surface area contributed by atoms with Gasteiger partial charge in [-0.3, -0.25) is 4.84 Å². The SMILES string of the molecule is C=CON([O-])N([O-])OC. The van der Waals surface area contributed by atoms with Crippen LogP contribution in [0.1, 0.15) is 0 Å². The van der Waals surface area contributed by atoms with Gasteiger partial charge in [-0.1, -0.05) is 6.58 Å². The Morgan fingerprint density at radius 1 is 1.44 bits per heavy atom. The molecule has 6 heteroatoms. The van der Waals surface area contributed by atoms with E-state index in [0.717, 1.165) is 13.4 Å². The molecule has 0 unspecified atom stereocenters. The van der Waals surface area contributed by atoms with Crippen molar-refractivity contribution in [1.82, 2.24) is 10.7 Å². The van der Waals surface area contributed by atoms with E-state index >= 15 is 0 Å². The van der Waals surface area contributed by atoms with Crippen LogP contribution >= 0.6 is 0 Å². The van der Waals surface area contributed by atoms with Gasteiger partial charge in [0.1, 0.15) is 6.26 Å². The van der Waals surface area contributed by atoms with Gasteiger partial charge in [0.05, 0.1) is 7.11 Å². The maximum atomic E-state index is 10.1. The highest BCUT2D eigenvalue weighted by molar-refractivity contribution is 4.47. The molecule has 0 bridgehead atoms. The Bertz CT molecular complexity index is 87.9. The van der Waals surface area contributed by atoms with Crippen molar-refractivity contribution in [3.63, 3.8) is 0 Å². The Kier molecular flexibility index (Phi) is 3.93. The van der Waals surface area contributed by atoms with Crippen molar-refractivity contribution in [2.24, 2.45) is 0 Å². The highest BCUT2D eigenvalue weighted by Crippen LogP contribution is 1.93. The Balaban J connectivity index is 3.44. The minimum absolute atomic E-state index is 0.387. The predicted molar refractivity (Wildman–Crippen MR) is 28.7 cm³/mol. The molecular formula is C3H6N2O4-2. The van der Waals surface area contributed by atoms with Gasteiger partial charge >= 0.3 is 0 Å². The van der Waals surface area contributed by atoms with Gasteiger partial charge in [-0.25, -0.2) is 0 Å². The molecular weight excluding hydrogens is 128 g/mol. The van der Waals surface area contributed by atoms with Gasteiger partial charge in [0.25, 0.3) is 0 Å². The van der Waals surface area contributed by atoms with Gasteiger partial charge < -0.3 is 15.3 Å². The Labute approximate surface area is 51.9 Å². The smallest absolute Gasteiger partial charge is 0.105 e. The zero-order valence-electron chi connectivity index (χ0n) is 4.81. The fourth-order valence-corrected chi connectivity index (χ4v) is 0.169. The van der Waals surface area contributed by atoms with Crippen LogP contribution in [0, 0.1) is 10.4 Å². The van der Waals surface area contributed by atoms with Crippen LogP contribution in [0.3, 0.4) is 0 Å². The van der Waals surface area contributed by atoms with Gasteiger partial charge in [-0.2, -0.15) is 5.34 Å². The Morgan fingerprint density at radius 2 is 2.00 bits per heavy atom. The van der Waals surface area contributed by atoms with Crippen LogP contribution in [-0.2, 0) is 9.68 Å². The summed E-state index contributed by atoms with van der Waals surface area (Å²) in [6.07, 6.45) is 0.802. The first-order chi connectivity index (χ1) is 4.22. The molecule has 0 aliphatic carbocycles. The molecule has 54 valence electrons. The molecule has 0 aromatic heterocycles. The first-order valence-electron chi connectivity index (χ1n) is 1.98. The van der Waals surface area contributed by atoms with Crippen LogP contribution in [-0.4, -0.2) is 17.8 Å². The van der Waals surface area contributed by atoms with Gasteiger partial charge in [-0.15, -0.1) is 5.34 Å². The average molecular weight is 134 g/mol. The molecule has 0 spiro atoms. The van der Waals surface area contributed by atoms with Crippen molar-refractivity contribution in [3.05, 3.63) is 23.3 Å². The van der Waals surface area contributed by atoms with Gasteiger partial charge in [0, 0.05) is 0 Å². The fraction of sp³-hybridized carbons (Fsp3) is 0.333. The monoisotopic (exact) mass is 134 g/mol. The van der Waals surface area contributed by atoms with E-state index in [2.05, 4.69) is 16.3 Å². The van der Waals surface area contributed by atoms with Gasteiger partial charge in [0.15, 0.2) is 0 Å². The minimum Gasteiger partial charge on any atom is -0.746 e. The maximum absolute atomic E-state index is 10.1. The summed E-state index contributed by atoms with van der Waals surface area (Å²) in [6.45, 7) is 3.03. The number of hydrazine groups is 1. The Hall–Kier alpha value is -0.660. The summed E-state index contributed by atoms with van der Waals surface area (Å²) in [6, 6.07) is 0. The van der Waals surface area contributed by atoms with Crippen molar-refractivity contribution < 1.29 is 9.68 Å². The summed E-state index contributed by atoms with van der Waals surface area (Å²) in [5.41, 5.74) is 0. The lowest BCUT2D eigenvalue weighted by Crippen LogP contribution is -2.31. The highest BCUT2D eigenvalue weighted by atomic mass is 17.1. The number of rotatable bonds is 4. The van der Waals surface area contributed by atoms with E-state index in [9.17, 15) is 10.4 Å². The number of hydrogen-bond donors (Lipinski definition) is 0. The van der Waals surface area contributed by atoms with Crippen LogP contribution in [0.2, 0.25) is 0 Å². The second-order valence-electron chi connectivity index (χ2n) is 0.930. The van der Waals surface area contributed by atoms with Gasteiger partial charge in [-0.05, 0) is 0 Å². The van der Waals surface area contributed by atoms with E-state index in [-0.39, 0.29) is 5.34 Å². The van der Waals surface area contributed by atoms with Crippen LogP contribution in [0.5, 0.6) is 0 Å². The minimum atomic E-state index is -0.410. The quantitative estimate of drug-likeness (QED) is 0.402. The first kappa shape index (κ1) is 8.34. The summed E-state index contributed by atoms with van der Waals surface area (Å²) >= 11 is 0. The molecule has 0 saturated carbocycles. The van der Waals surface area contributed by atoms with E-state index in [0.29, 0.717) is 0 Å². The summed E-state index contributed by atoms with van der Waals surface area (Å²) in [4.78, 5) is 7.81. The molecule has 6 nitrogen and oxygen atoms in total. The third kappa shape index (κ3) is 3.01. The Morgan fingerprint density at radius 3 is 2.33 bits per heavy atom. The lowest BCUT2D eigenvalue weighted by molar-refractivity contribution is -0.327. The number of nitrogens with zero attached hydrogens (tertiary/aromatic N) is 2. The van der Waals surface area contributed by atoms with E-state index in [1.807, 2.05) is 0 Å². The molecule has 0 aliphatic rings. The van der Waals surface area contributed by atoms with Crippen LogP contribution in [0.15, 0.2) is 12.8 Å².